The molecule has 0 aromatic heterocycles. The van der Waals surface area contributed by atoms with Crippen LogP contribution in [0, 0.1) is 0 Å². The second kappa shape index (κ2) is 5.88. The fourth-order valence-corrected chi connectivity index (χ4v) is 2.01. The van der Waals surface area contributed by atoms with E-state index in [2.05, 4.69) is 10.1 Å². The maximum Gasteiger partial charge on any atom is 0.422 e. The summed E-state index contributed by atoms with van der Waals surface area (Å²) in [4.78, 5) is 10.6. The molecule has 1 amide bonds. The fraction of sp³-hybridized carbons (Fsp3) is 0.300. The lowest BCUT2D eigenvalue weighted by Gasteiger charge is -2.14. The summed E-state index contributed by atoms with van der Waals surface area (Å²) in [7, 11) is 1.03. The highest BCUT2D eigenvalue weighted by molar-refractivity contribution is 8.13. The zero-order chi connectivity index (χ0) is 15.6. The van der Waals surface area contributed by atoms with E-state index in [1.807, 2.05) is 0 Å². The van der Waals surface area contributed by atoms with E-state index in [1.54, 1.807) is 0 Å². The number of ether oxygens (including phenoxy) is 1. The third-order valence-electron chi connectivity index (χ3n) is 1.93. The van der Waals surface area contributed by atoms with Crippen LogP contribution >= 0.6 is 10.7 Å². The van der Waals surface area contributed by atoms with Gasteiger partial charge >= 0.3 is 6.18 Å². The Balaban J connectivity index is 3.13. The molecule has 20 heavy (non-hydrogen) atoms. The van der Waals surface area contributed by atoms with Gasteiger partial charge in [-0.25, -0.2) is 8.42 Å². The molecule has 0 bridgehead atoms. The number of carbonyl (C=O) groups is 1. The number of rotatable bonds is 4. The Kier molecular flexibility index (Phi) is 4.87. The minimum atomic E-state index is -4.56. The predicted octanol–water partition coefficient (Wildman–Crippen LogP) is 2.51. The number of nitrogens with one attached hydrogen (secondary N) is 1. The quantitative estimate of drug-likeness (QED) is 0.860. The van der Waals surface area contributed by atoms with Crippen molar-refractivity contribution in [1.82, 2.24) is 0 Å². The number of alkyl halides is 3. The molecule has 10 heteroatoms. The first-order valence-corrected chi connectivity index (χ1v) is 7.36. The molecule has 1 aromatic carbocycles. The van der Waals surface area contributed by atoms with Crippen LogP contribution in [0.3, 0.4) is 0 Å². The molecule has 0 heterocycles. The van der Waals surface area contributed by atoms with Crippen LogP contribution in [0.2, 0.25) is 0 Å². The van der Waals surface area contributed by atoms with E-state index in [9.17, 15) is 26.4 Å². The Bertz CT molecular complexity index is 615. The molecular formula is C10H9ClF3NO4S. The lowest BCUT2D eigenvalue weighted by Crippen LogP contribution is -2.20. The maximum absolute atomic E-state index is 12.1. The second-order valence-electron chi connectivity index (χ2n) is 3.68. The van der Waals surface area contributed by atoms with Crippen molar-refractivity contribution >= 4 is 31.3 Å². The highest BCUT2D eigenvalue weighted by Gasteiger charge is 2.29. The van der Waals surface area contributed by atoms with E-state index < -0.39 is 27.7 Å². The van der Waals surface area contributed by atoms with Crippen LogP contribution < -0.4 is 10.1 Å². The molecule has 1 N–H and O–H groups in total. The molecule has 0 aliphatic heterocycles. The lowest BCUT2D eigenvalue weighted by atomic mass is 10.3. The molecule has 0 fully saturated rings. The van der Waals surface area contributed by atoms with Gasteiger partial charge in [0.1, 0.15) is 5.75 Å². The molecule has 0 spiro atoms. The minimum Gasteiger partial charge on any atom is -0.482 e. The zero-order valence-corrected chi connectivity index (χ0v) is 11.6. The third-order valence-corrected chi connectivity index (χ3v) is 3.29. The summed E-state index contributed by atoms with van der Waals surface area (Å²) in [6, 6.07) is 2.86. The first kappa shape index (κ1) is 16.6. The van der Waals surface area contributed by atoms with Gasteiger partial charge in [-0.05, 0) is 18.2 Å². The normalized spacial score (nSPS) is 12.1. The van der Waals surface area contributed by atoms with Crippen molar-refractivity contribution in [2.24, 2.45) is 0 Å². The Morgan fingerprint density at radius 2 is 2.00 bits per heavy atom. The van der Waals surface area contributed by atoms with Gasteiger partial charge in [-0.1, -0.05) is 0 Å². The second-order valence-corrected chi connectivity index (χ2v) is 6.25. The summed E-state index contributed by atoms with van der Waals surface area (Å²) < 4.78 is 63.0. The highest BCUT2D eigenvalue weighted by Crippen LogP contribution is 2.30. The number of carbonyl (C=O) groups excluding carboxylic acids is 1. The smallest absolute Gasteiger partial charge is 0.422 e. The van der Waals surface area contributed by atoms with Crippen molar-refractivity contribution < 1.29 is 31.1 Å². The van der Waals surface area contributed by atoms with Gasteiger partial charge in [0.2, 0.25) is 5.91 Å². The van der Waals surface area contributed by atoms with Crippen LogP contribution in [0.1, 0.15) is 6.92 Å². The molecular weight excluding hydrogens is 323 g/mol. The van der Waals surface area contributed by atoms with Crippen molar-refractivity contribution in [2.45, 2.75) is 18.0 Å². The van der Waals surface area contributed by atoms with Crippen LogP contribution in [0.5, 0.6) is 5.75 Å². The Labute approximate surface area is 117 Å². The van der Waals surface area contributed by atoms with Gasteiger partial charge in [0, 0.05) is 17.6 Å². The predicted molar refractivity (Wildman–Crippen MR) is 65.3 cm³/mol. The van der Waals surface area contributed by atoms with E-state index in [0.717, 1.165) is 25.1 Å². The van der Waals surface area contributed by atoms with Gasteiger partial charge in [-0.15, -0.1) is 0 Å². The zero-order valence-electron chi connectivity index (χ0n) is 9.99. The number of hydrogen-bond donors (Lipinski definition) is 1. The summed E-state index contributed by atoms with van der Waals surface area (Å²) in [5.41, 5.74) is -0.219. The van der Waals surface area contributed by atoms with E-state index in [0.29, 0.717) is 0 Å². The van der Waals surface area contributed by atoms with Crippen LogP contribution in [0.4, 0.5) is 18.9 Å². The Hall–Kier alpha value is -1.48. The monoisotopic (exact) mass is 331 g/mol. The summed E-state index contributed by atoms with van der Waals surface area (Å²) in [6.45, 7) is -0.470. The third kappa shape index (κ3) is 5.25. The first-order chi connectivity index (χ1) is 8.99. The van der Waals surface area contributed by atoms with Gasteiger partial charge in [0.25, 0.3) is 9.05 Å². The van der Waals surface area contributed by atoms with E-state index in [-0.39, 0.29) is 16.3 Å². The lowest BCUT2D eigenvalue weighted by molar-refractivity contribution is -0.153. The van der Waals surface area contributed by atoms with Crippen molar-refractivity contribution in [3.8, 4) is 5.75 Å². The molecule has 1 aromatic rings. The molecule has 0 atom stereocenters. The van der Waals surface area contributed by atoms with E-state index in [1.165, 1.54) is 0 Å². The molecule has 5 nitrogen and oxygen atoms in total. The summed E-state index contributed by atoms with van der Waals surface area (Å²) >= 11 is 0. The van der Waals surface area contributed by atoms with E-state index in [4.69, 9.17) is 10.7 Å². The largest absolute Gasteiger partial charge is 0.482 e. The van der Waals surface area contributed by atoms with E-state index >= 15 is 0 Å². The van der Waals surface area contributed by atoms with Gasteiger partial charge < -0.3 is 10.1 Å². The average Bonchev–Trinajstić information content (AvgIpc) is 2.24. The molecule has 0 saturated heterocycles. The van der Waals surface area contributed by atoms with Crippen LogP contribution in [-0.2, 0) is 13.8 Å². The SMILES string of the molecule is CC(=O)Nc1cc(S(=O)(=O)Cl)ccc1OCC(F)(F)F. The number of anilines is 1. The number of hydrogen-bond acceptors (Lipinski definition) is 4. The Morgan fingerprint density at radius 1 is 1.40 bits per heavy atom. The fourth-order valence-electron chi connectivity index (χ4n) is 1.23. The van der Waals surface area contributed by atoms with Crippen molar-refractivity contribution in [3.63, 3.8) is 0 Å². The standard InChI is InChI=1S/C10H9ClF3NO4S/c1-6(16)15-8-4-7(20(11,17)18)2-3-9(8)19-5-10(12,13)14/h2-4H,5H2,1H3,(H,15,16). The van der Waals surface area contributed by atoms with Crippen LogP contribution in [-0.4, -0.2) is 27.1 Å². The molecule has 0 unspecified atom stereocenters. The molecule has 1 rings (SSSR count). The first-order valence-electron chi connectivity index (χ1n) is 5.05. The van der Waals surface area contributed by atoms with Gasteiger partial charge in [0.05, 0.1) is 10.6 Å². The van der Waals surface area contributed by atoms with Crippen molar-refractivity contribution in [3.05, 3.63) is 18.2 Å². The van der Waals surface area contributed by atoms with Crippen LogP contribution in [0.25, 0.3) is 0 Å². The number of halogens is 4. The summed E-state index contributed by atoms with van der Waals surface area (Å²) in [6.07, 6.45) is -4.56. The average molecular weight is 332 g/mol. The molecule has 0 aliphatic rings. The van der Waals surface area contributed by atoms with Gasteiger partial charge in [0.15, 0.2) is 6.61 Å². The van der Waals surface area contributed by atoms with Crippen LogP contribution in [0.15, 0.2) is 23.1 Å². The minimum absolute atomic E-state index is 0.219. The van der Waals surface area contributed by atoms with Gasteiger partial charge in [-0.3, -0.25) is 4.79 Å². The maximum atomic E-state index is 12.1. The highest BCUT2D eigenvalue weighted by atomic mass is 35.7. The topological polar surface area (TPSA) is 72.5 Å². The number of benzene rings is 1. The summed E-state index contributed by atoms with van der Waals surface area (Å²) in [5, 5.41) is 2.17. The number of amides is 1. The molecule has 0 saturated carbocycles. The summed E-state index contributed by atoms with van der Waals surface area (Å²) in [5.74, 6) is -0.924. The van der Waals surface area contributed by atoms with Gasteiger partial charge in [-0.2, -0.15) is 13.2 Å². The molecule has 0 aliphatic carbocycles. The Morgan fingerprint density at radius 3 is 2.45 bits per heavy atom. The molecule has 0 radical (unpaired) electrons. The molecule has 112 valence electrons. The van der Waals surface area contributed by atoms with Crippen molar-refractivity contribution in [1.29, 1.82) is 0 Å². The van der Waals surface area contributed by atoms with Crippen molar-refractivity contribution in [2.75, 3.05) is 11.9 Å².